The maximum Gasteiger partial charge on any atom is 0.185 e. The number of hydrogen-bond acceptors (Lipinski definition) is 2. The molecule has 0 aromatic rings. The van der Waals surface area contributed by atoms with Crippen LogP contribution in [0.5, 0.6) is 0 Å². The van der Waals surface area contributed by atoms with Gasteiger partial charge in [0.2, 0.25) is 0 Å². The Morgan fingerprint density at radius 3 is 2.73 bits per heavy atom. The van der Waals surface area contributed by atoms with E-state index < -0.39 is 6.67 Å². The van der Waals surface area contributed by atoms with Gasteiger partial charge >= 0.3 is 0 Å². The molecule has 0 saturated heterocycles. The highest BCUT2D eigenvalue weighted by atomic mass is 19.1. The summed E-state index contributed by atoms with van der Waals surface area (Å²) in [4.78, 5) is 0. The Hall–Kier alpha value is -0.840. The lowest BCUT2D eigenvalue weighted by Crippen LogP contribution is -2.32. The van der Waals surface area contributed by atoms with Crippen LogP contribution in [0.15, 0.2) is 0 Å². The summed E-state index contributed by atoms with van der Waals surface area (Å²) in [5.41, 5.74) is 10.3. The molecule has 0 heterocycles. The maximum absolute atomic E-state index is 11.8. The molecule has 0 aromatic carbocycles. The van der Waals surface area contributed by atoms with Crippen LogP contribution in [-0.2, 0) is 0 Å². The van der Waals surface area contributed by atoms with Gasteiger partial charge in [-0.3, -0.25) is 5.41 Å². The van der Waals surface area contributed by atoms with Crippen molar-refractivity contribution in [3.63, 3.8) is 0 Å². The lowest BCUT2D eigenvalue weighted by atomic mass is 10.2. The molecule has 0 saturated carbocycles. The van der Waals surface area contributed by atoms with Crippen molar-refractivity contribution in [1.82, 2.24) is 5.32 Å². The highest BCUT2D eigenvalue weighted by molar-refractivity contribution is 5.74. The van der Waals surface area contributed by atoms with Gasteiger partial charge in [0, 0.05) is 12.6 Å². The molecular formula is C6H15FN4. The SMILES string of the molecule is N=C(N)NCCCC(N)CF. The van der Waals surface area contributed by atoms with Crippen molar-refractivity contribution in [3.8, 4) is 0 Å². The minimum absolute atomic E-state index is 0.0566. The van der Waals surface area contributed by atoms with Crippen molar-refractivity contribution in [2.75, 3.05) is 13.2 Å². The first-order valence-corrected chi connectivity index (χ1v) is 3.56. The first-order valence-electron chi connectivity index (χ1n) is 3.56. The molecule has 5 heteroatoms. The summed E-state index contributed by atoms with van der Waals surface area (Å²) in [6, 6.07) is -0.372. The molecule has 1 atom stereocenters. The lowest BCUT2D eigenvalue weighted by molar-refractivity contribution is 0.407. The van der Waals surface area contributed by atoms with E-state index in [4.69, 9.17) is 16.9 Å². The summed E-state index contributed by atoms with van der Waals surface area (Å²) in [7, 11) is 0. The molecule has 0 aromatic heterocycles. The van der Waals surface area contributed by atoms with Crippen LogP contribution in [0, 0.1) is 5.41 Å². The molecule has 11 heavy (non-hydrogen) atoms. The number of guanidine groups is 1. The third-order valence-corrected chi connectivity index (χ3v) is 1.27. The van der Waals surface area contributed by atoms with Crippen LogP contribution in [0.2, 0.25) is 0 Å². The average Bonchev–Trinajstić information content (AvgIpc) is 1.97. The van der Waals surface area contributed by atoms with Crippen LogP contribution in [-0.4, -0.2) is 25.2 Å². The first-order chi connectivity index (χ1) is 5.16. The molecule has 0 spiro atoms. The number of nitrogens with one attached hydrogen (secondary N) is 2. The van der Waals surface area contributed by atoms with E-state index in [1.165, 1.54) is 0 Å². The standard InChI is InChI=1S/C6H15FN4/c7-4-5(8)2-1-3-11-6(9)10/h5H,1-4,8H2,(H4,9,10,11). The second-order valence-electron chi connectivity index (χ2n) is 2.40. The molecule has 0 amide bonds. The molecule has 4 nitrogen and oxygen atoms in total. The van der Waals surface area contributed by atoms with Gasteiger partial charge in [0.05, 0.1) is 0 Å². The fourth-order valence-corrected chi connectivity index (χ4v) is 0.664. The van der Waals surface area contributed by atoms with Gasteiger partial charge in [-0.15, -0.1) is 0 Å². The lowest BCUT2D eigenvalue weighted by Gasteiger charge is -2.06. The third-order valence-electron chi connectivity index (χ3n) is 1.27. The van der Waals surface area contributed by atoms with E-state index in [0.717, 1.165) is 6.42 Å². The second-order valence-corrected chi connectivity index (χ2v) is 2.40. The smallest absolute Gasteiger partial charge is 0.185 e. The van der Waals surface area contributed by atoms with Gasteiger partial charge in [-0.05, 0) is 12.8 Å². The van der Waals surface area contributed by atoms with Crippen LogP contribution in [0.3, 0.4) is 0 Å². The summed E-state index contributed by atoms with van der Waals surface area (Å²) in [6.07, 6.45) is 1.36. The number of alkyl halides is 1. The largest absolute Gasteiger partial charge is 0.370 e. The number of rotatable bonds is 5. The highest BCUT2D eigenvalue weighted by Crippen LogP contribution is 1.92. The van der Waals surface area contributed by atoms with Crippen LogP contribution in [0.4, 0.5) is 4.39 Å². The van der Waals surface area contributed by atoms with Crippen molar-refractivity contribution in [2.45, 2.75) is 18.9 Å². The van der Waals surface area contributed by atoms with E-state index in [-0.39, 0.29) is 12.0 Å². The van der Waals surface area contributed by atoms with E-state index in [0.29, 0.717) is 13.0 Å². The Morgan fingerprint density at radius 2 is 2.27 bits per heavy atom. The zero-order valence-electron chi connectivity index (χ0n) is 6.44. The van der Waals surface area contributed by atoms with Crippen LogP contribution in [0.25, 0.3) is 0 Å². The molecule has 0 aliphatic rings. The van der Waals surface area contributed by atoms with E-state index in [9.17, 15) is 4.39 Å². The quantitative estimate of drug-likeness (QED) is 0.251. The number of halogens is 1. The van der Waals surface area contributed by atoms with Gasteiger partial charge in [-0.25, -0.2) is 4.39 Å². The van der Waals surface area contributed by atoms with Gasteiger partial charge in [0.15, 0.2) is 5.96 Å². The third kappa shape index (κ3) is 7.05. The van der Waals surface area contributed by atoms with E-state index in [1.54, 1.807) is 0 Å². The summed E-state index contributed by atoms with van der Waals surface area (Å²) >= 11 is 0. The topological polar surface area (TPSA) is 87.9 Å². The summed E-state index contributed by atoms with van der Waals surface area (Å²) < 4.78 is 11.8. The second kappa shape index (κ2) is 5.91. The van der Waals surface area contributed by atoms with Gasteiger partial charge in [-0.2, -0.15) is 0 Å². The molecule has 0 rings (SSSR count). The molecule has 0 bridgehead atoms. The van der Waals surface area contributed by atoms with Crippen LogP contribution in [0.1, 0.15) is 12.8 Å². The Bertz CT molecular complexity index is 117. The van der Waals surface area contributed by atoms with Crippen molar-refractivity contribution in [1.29, 1.82) is 5.41 Å². The van der Waals surface area contributed by atoms with E-state index in [1.807, 2.05) is 0 Å². The molecule has 1 unspecified atom stereocenters. The Morgan fingerprint density at radius 1 is 1.64 bits per heavy atom. The molecule has 0 fully saturated rings. The van der Waals surface area contributed by atoms with Gasteiger partial charge in [0.25, 0.3) is 0 Å². The van der Waals surface area contributed by atoms with Crippen LogP contribution >= 0.6 is 0 Å². The Labute approximate surface area is 65.6 Å². The molecule has 0 radical (unpaired) electrons. The fraction of sp³-hybridized carbons (Fsp3) is 0.833. The van der Waals surface area contributed by atoms with Gasteiger partial charge in [-0.1, -0.05) is 0 Å². The van der Waals surface area contributed by atoms with Crippen molar-refractivity contribution >= 4 is 5.96 Å². The molecule has 66 valence electrons. The zero-order chi connectivity index (χ0) is 8.69. The zero-order valence-corrected chi connectivity index (χ0v) is 6.44. The van der Waals surface area contributed by atoms with E-state index >= 15 is 0 Å². The van der Waals surface area contributed by atoms with Crippen molar-refractivity contribution < 1.29 is 4.39 Å². The molecular weight excluding hydrogens is 147 g/mol. The molecule has 6 N–H and O–H groups in total. The minimum atomic E-state index is -0.486. The Balaban J connectivity index is 3.08. The normalized spacial score (nSPS) is 12.5. The van der Waals surface area contributed by atoms with E-state index in [2.05, 4.69) is 5.32 Å². The van der Waals surface area contributed by atoms with Gasteiger partial charge in [0.1, 0.15) is 6.67 Å². The van der Waals surface area contributed by atoms with Crippen LogP contribution < -0.4 is 16.8 Å². The predicted octanol–water partition coefficient (Wildman–Crippen LogP) is -0.454. The molecule has 0 aliphatic carbocycles. The highest BCUT2D eigenvalue weighted by Gasteiger charge is 1.99. The molecule has 0 aliphatic heterocycles. The first kappa shape index (κ1) is 10.2. The maximum atomic E-state index is 11.8. The summed E-state index contributed by atoms with van der Waals surface area (Å²) in [5.74, 6) is -0.0566. The number of nitrogens with two attached hydrogens (primary N) is 2. The predicted molar refractivity (Wildman–Crippen MR) is 43.1 cm³/mol. The van der Waals surface area contributed by atoms with Crippen molar-refractivity contribution in [3.05, 3.63) is 0 Å². The Kier molecular flexibility index (Phi) is 5.46. The fourth-order valence-electron chi connectivity index (χ4n) is 0.664. The minimum Gasteiger partial charge on any atom is -0.370 e. The average molecular weight is 162 g/mol. The van der Waals surface area contributed by atoms with Crippen molar-refractivity contribution in [2.24, 2.45) is 11.5 Å². The summed E-state index contributed by atoms with van der Waals surface area (Å²) in [5, 5.41) is 9.39. The van der Waals surface area contributed by atoms with Gasteiger partial charge < -0.3 is 16.8 Å². The number of hydrogen-bond donors (Lipinski definition) is 4. The summed E-state index contributed by atoms with van der Waals surface area (Å²) in [6.45, 7) is 0.100. The monoisotopic (exact) mass is 162 g/mol.